The summed E-state index contributed by atoms with van der Waals surface area (Å²) in [6.07, 6.45) is 6.94. The summed E-state index contributed by atoms with van der Waals surface area (Å²) in [6.45, 7) is 2.11. The van der Waals surface area contributed by atoms with Crippen molar-refractivity contribution >= 4 is 33.9 Å². The zero-order valence-corrected chi connectivity index (χ0v) is 12.4. The molecule has 0 aliphatic rings. The number of nitrogens with zero attached hydrogens (tertiary/aromatic N) is 3. The maximum absolute atomic E-state index is 6.19. The number of benzene rings is 1. The SMILES string of the molecule is CCCc1c(Cl)ncnc1Nc1cccc2ccncc12. The van der Waals surface area contributed by atoms with Crippen LogP contribution in [0.15, 0.2) is 43.0 Å². The van der Waals surface area contributed by atoms with Crippen LogP contribution in [0.1, 0.15) is 18.9 Å². The lowest BCUT2D eigenvalue weighted by Gasteiger charge is -2.13. The van der Waals surface area contributed by atoms with Gasteiger partial charge in [0.1, 0.15) is 17.3 Å². The number of nitrogens with one attached hydrogen (secondary N) is 1. The molecule has 0 fully saturated rings. The van der Waals surface area contributed by atoms with Crippen LogP contribution in [0.5, 0.6) is 0 Å². The van der Waals surface area contributed by atoms with Crippen LogP contribution >= 0.6 is 11.6 Å². The molecule has 0 atom stereocenters. The average Bonchev–Trinajstić information content (AvgIpc) is 2.51. The van der Waals surface area contributed by atoms with Crippen molar-refractivity contribution in [1.29, 1.82) is 0 Å². The number of fused-ring (bicyclic) bond motifs is 1. The van der Waals surface area contributed by atoms with E-state index in [0.717, 1.165) is 40.7 Å². The summed E-state index contributed by atoms with van der Waals surface area (Å²) in [6, 6.07) is 8.06. The van der Waals surface area contributed by atoms with Gasteiger partial charge in [-0.05, 0) is 23.9 Å². The van der Waals surface area contributed by atoms with E-state index in [1.807, 2.05) is 24.4 Å². The number of hydrogen-bond donors (Lipinski definition) is 1. The Morgan fingerprint density at radius 1 is 1.19 bits per heavy atom. The van der Waals surface area contributed by atoms with Crippen molar-refractivity contribution < 1.29 is 0 Å². The zero-order chi connectivity index (χ0) is 14.7. The predicted molar refractivity (Wildman–Crippen MR) is 86.1 cm³/mol. The normalized spacial score (nSPS) is 10.8. The van der Waals surface area contributed by atoms with Gasteiger partial charge in [0.15, 0.2) is 0 Å². The van der Waals surface area contributed by atoms with Gasteiger partial charge >= 0.3 is 0 Å². The fraction of sp³-hybridized carbons (Fsp3) is 0.188. The number of rotatable bonds is 4. The number of aromatic nitrogens is 3. The van der Waals surface area contributed by atoms with Gasteiger partial charge < -0.3 is 5.32 Å². The Bertz CT molecular complexity index is 768. The molecule has 106 valence electrons. The highest BCUT2D eigenvalue weighted by molar-refractivity contribution is 6.30. The number of halogens is 1. The Morgan fingerprint density at radius 2 is 2.10 bits per heavy atom. The fourth-order valence-electron chi connectivity index (χ4n) is 2.32. The standard InChI is InChI=1S/C16H15ClN4/c1-2-4-12-15(17)19-10-20-16(12)21-14-6-3-5-11-7-8-18-9-13(11)14/h3,5-10H,2,4H2,1H3,(H,19,20,21). The van der Waals surface area contributed by atoms with E-state index in [-0.39, 0.29) is 0 Å². The van der Waals surface area contributed by atoms with Crippen LogP contribution in [0.3, 0.4) is 0 Å². The number of hydrogen-bond acceptors (Lipinski definition) is 4. The molecule has 2 aromatic heterocycles. The first kappa shape index (κ1) is 13.8. The first-order chi connectivity index (χ1) is 10.3. The monoisotopic (exact) mass is 298 g/mol. The van der Waals surface area contributed by atoms with Crippen molar-refractivity contribution in [3.8, 4) is 0 Å². The lowest BCUT2D eigenvalue weighted by atomic mass is 10.1. The molecule has 0 spiro atoms. The molecule has 0 radical (unpaired) electrons. The molecular formula is C16H15ClN4. The minimum Gasteiger partial charge on any atom is -0.339 e. The lowest BCUT2D eigenvalue weighted by molar-refractivity contribution is 0.904. The summed E-state index contributed by atoms with van der Waals surface area (Å²) in [5.74, 6) is 0.758. The molecule has 0 aliphatic carbocycles. The maximum atomic E-state index is 6.19. The summed E-state index contributed by atoms with van der Waals surface area (Å²) in [4.78, 5) is 12.6. The molecule has 0 unspecified atom stereocenters. The third-order valence-electron chi connectivity index (χ3n) is 3.33. The van der Waals surface area contributed by atoms with E-state index in [2.05, 4.69) is 33.3 Å². The van der Waals surface area contributed by atoms with Gasteiger partial charge in [0.05, 0.1) is 0 Å². The Balaban J connectivity index is 2.05. The van der Waals surface area contributed by atoms with E-state index < -0.39 is 0 Å². The van der Waals surface area contributed by atoms with Crippen molar-refractivity contribution in [3.63, 3.8) is 0 Å². The number of pyridine rings is 1. The van der Waals surface area contributed by atoms with Crippen LogP contribution in [-0.4, -0.2) is 15.0 Å². The van der Waals surface area contributed by atoms with Crippen molar-refractivity contribution in [1.82, 2.24) is 15.0 Å². The van der Waals surface area contributed by atoms with Crippen molar-refractivity contribution in [2.45, 2.75) is 19.8 Å². The van der Waals surface area contributed by atoms with Crippen molar-refractivity contribution in [2.75, 3.05) is 5.32 Å². The molecule has 21 heavy (non-hydrogen) atoms. The molecule has 3 rings (SSSR count). The second kappa shape index (κ2) is 6.06. The fourth-order valence-corrected chi connectivity index (χ4v) is 2.55. The first-order valence-corrected chi connectivity index (χ1v) is 7.26. The minimum atomic E-state index is 0.507. The Labute approximate surface area is 128 Å². The average molecular weight is 299 g/mol. The molecule has 0 saturated heterocycles. The second-order valence-corrected chi connectivity index (χ2v) is 5.13. The summed E-state index contributed by atoms with van der Waals surface area (Å²) in [5.41, 5.74) is 1.91. The topological polar surface area (TPSA) is 50.7 Å². The van der Waals surface area contributed by atoms with Crippen molar-refractivity contribution in [2.24, 2.45) is 0 Å². The highest BCUT2D eigenvalue weighted by Gasteiger charge is 2.10. The predicted octanol–water partition coefficient (Wildman–Crippen LogP) is 4.37. The van der Waals surface area contributed by atoms with Gasteiger partial charge in [-0.3, -0.25) is 4.98 Å². The highest BCUT2D eigenvalue weighted by Crippen LogP contribution is 2.28. The van der Waals surface area contributed by atoms with Crippen molar-refractivity contribution in [3.05, 3.63) is 53.7 Å². The third-order valence-corrected chi connectivity index (χ3v) is 3.66. The second-order valence-electron chi connectivity index (χ2n) is 4.77. The van der Waals surface area contributed by atoms with E-state index in [1.165, 1.54) is 6.33 Å². The van der Waals surface area contributed by atoms with Crippen LogP contribution < -0.4 is 5.32 Å². The van der Waals surface area contributed by atoms with Crippen LogP contribution in [0.25, 0.3) is 10.8 Å². The van der Waals surface area contributed by atoms with Gasteiger partial charge in [0, 0.05) is 29.0 Å². The summed E-state index contributed by atoms with van der Waals surface area (Å²) in [5, 5.41) is 6.06. The first-order valence-electron chi connectivity index (χ1n) is 6.88. The van der Waals surface area contributed by atoms with Crippen LogP contribution in [0, 0.1) is 0 Å². The van der Waals surface area contributed by atoms with Gasteiger partial charge in [0.25, 0.3) is 0 Å². The molecule has 0 saturated carbocycles. The smallest absolute Gasteiger partial charge is 0.138 e. The third kappa shape index (κ3) is 2.81. The van der Waals surface area contributed by atoms with Gasteiger partial charge in [-0.25, -0.2) is 9.97 Å². The Hall–Kier alpha value is -2.20. The van der Waals surface area contributed by atoms with E-state index >= 15 is 0 Å². The summed E-state index contributed by atoms with van der Waals surface area (Å²) in [7, 11) is 0. The van der Waals surface area contributed by atoms with Gasteiger partial charge in [-0.15, -0.1) is 0 Å². The molecule has 4 nitrogen and oxygen atoms in total. The number of anilines is 2. The largest absolute Gasteiger partial charge is 0.339 e. The van der Waals surface area contributed by atoms with Gasteiger partial charge in [-0.1, -0.05) is 37.1 Å². The Morgan fingerprint density at radius 3 is 2.95 bits per heavy atom. The van der Waals surface area contributed by atoms with E-state index in [0.29, 0.717) is 5.15 Å². The van der Waals surface area contributed by atoms with E-state index in [9.17, 15) is 0 Å². The van der Waals surface area contributed by atoms with E-state index in [1.54, 1.807) is 6.20 Å². The van der Waals surface area contributed by atoms with Crippen LogP contribution in [-0.2, 0) is 6.42 Å². The quantitative estimate of drug-likeness (QED) is 0.726. The van der Waals surface area contributed by atoms with Gasteiger partial charge in [0.2, 0.25) is 0 Å². The summed E-state index contributed by atoms with van der Waals surface area (Å²) >= 11 is 6.19. The minimum absolute atomic E-state index is 0.507. The molecule has 0 aliphatic heterocycles. The highest BCUT2D eigenvalue weighted by atomic mass is 35.5. The molecule has 0 bridgehead atoms. The van der Waals surface area contributed by atoms with Crippen LogP contribution in [0.4, 0.5) is 11.5 Å². The molecule has 3 aromatic rings. The summed E-state index contributed by atoms with van der Waals surface area (Å²) < 4.78 is 0. The molecular weight excluding hydrogens is 284 g/mol. The molecule has 0 amide bonds. The van der Waals surface area contributed by atoms with Crippen LogP contribution in [0.2, 0.25) is 5.15 Å². The maximum Gasteiger partial charge on any atom is 0.138 e. The zero-order valence-electron chi connectivity index (χ0n) is 11.7. The molecule has 1 N–H and O–H groups in total. The lowest BCUT2D eigenvalue weighted by Crippen LogP contribution is -2.02. The molecule has 2 heterocycles. The Kier molecular flexibility index (Phi) is 3.97. The van der Waals surface area contributed by atoms with Gasteiger partial charge in [-0.2, -0.15) is 0 Å². The van der Waals surface area contributed by atoms with E-state index in [4.69, 9.17) is 11.6 Å². The molecule has 1 aromatic carbocycles. The molecule has 5 heteroatoms.